The number of anilines is 1. The topological polar surface area (TPSA) is 83.7 Å². The van der Waals surface area contributed by atoms with Crippen LogP contribution in [0, 0.1) is 6.92 Å². The van der Waals surface area contributed by atoms with Gasteiger partial charge in [-0.1, -0.05) is 11.6 Å². The van der Waals surface area contributed by atoms with Crippen molar-refractivity contribution in [1.29, 1.82) is 0 Å². The zero-order valence-electron chi connectivity index (χ0n) is 15.6. The molecule has 30 heavy (non-hydrogen) atoms. The standard InChI is InChI=1S/C17H16ClF3N6O2S/c1-11-8-15(27-16(24-11)22-10-23-27)25-4-6-26(7-5-25)30(28,29)14-9-12(17(19,20)21)2-3-13(14)18/h2-3,8-10H,4-7H2,1H3. The molecule has 0 unspecified atom stereocenters. The van der Waals surface area contributed by atoms with Crippen LogP contribution in [0.15, 0.2) is 35.5 Å². The molecule has 13 heteroatoms. The molecule has 0 N–H and O–H groups in total. The highest BCUT2D eigenvalue weighted by molar-refractivity contribution is 7.89. The van der Waals surface area contributed by atoms with Crippen molar-refractivity contribution < 1.29 is 21.6 Å². The van der Waals surface area contributed by atoms with E-state index in [1.54, 1.807) is 4.52 Å². The normalized spacial score (nSPS) is 16.4. The first-order valence-electron chi connectivity index (χ1n) is 8.86. The van der Waals surface area contributed by atoms with Gasteiger partial charge in [0.25, 0.3) is 5.78 Å². The predicted molar refractivity (Wildman–Crippen MR) is 103 cm³/mol. The van der Waals surface area contributed by atoms with Crippen LogP contribution in [0.25, 0.3) is 5.78 Å². The van der Waals surface area contributed by atoms with Crippen molar-refractivity contribution in [3.63, 3.8) is 0 Å². The van der Waals surface area contributed by atoms with E-state index >= 15 is 0 Å². The van der Waals surface area contributed by atoms with Crippen LogP contribution in [0.4, 0.5) is 19.0 Å². The van der Waals surface area contributed by atoms with Crippen LogP contribution in [0.1, 0.15) is 11.3 Å². The van der Waals surface area contributed by atoms with Crippen LogP contribution < -0.4 is 4.90 Å². The molecule has 1 saturated heterocycles. The minimum atomic E-state index is -4.67. The number of fused-ring (bicyclic) bond motifs is 1. The highest BCUT2D eigenvalue weighted by Gasteiger charge is 2.35. The van der Waals surface area contributed by atoms with Crippen molar-refractivity contribution in [2.75, 3.05) is 31.1 Å². The molecule has 3 aromatic rings. The van der Waals surface area contributed by atoms with Gasteiger partial charge in [0.15, 0.2) is 0 Å². The maximum Gasteiger partial charge on any atom is 0.416 e. The largest absolute Gasteiger partial charge is 0.416 e. The summed E-state index contributed by atoms with van der Waals surface area (Å²) in [4.78, 5) is 9.72. The number of rotatable bonds is 3. The minimum absolute atomic E-state index is 0.0759. The lowest BCUT2D eigenvalue weighted by Gasteiger charge is -2.35. The summed E-state index contributed by atoms with van der Waals surface area (Å²) in [5.74, 6) is 1.14. The molecule has 1 fully saturated rings. The smallest absolute Gasteiger partial charge is 0.354 e. The van der Waals surface area contributed by atoms with Gasteiger partial charge in [0, 0.05) is 37.9 Å². The monoisotopic (exact) mass is 460 g/mol. The van der Waals surface area contributed by atoms with E-state index in [4.69, 9.17) is 11.6 Å². The Balaban J connectivity index is 1.59. The second-order valence-corrected chi connectivity index (χ2v) is 9.08. The average Bonchev–Trinajstić information content (AvgIpc) is 3.15. The molecule has 0 spiro atoms. The summed E-state index contributed by atoms with van der Waals surface area (Å²) in [5.41, 5.74) is -0.332. The third-order valence-electron chi connectivity index (χ3n) is 4.80. The van der Waals surface area contributed by atoms with E-state index in [1.165, 1.54) is 6.33 Å². The van der Waals surface area contributed by atoms with Crippen molar-refractivity contribution in [3.05, 3.63) is 46.9 Å². The molecule has 0 bridgehead atoms. The summed E-state index contributed by atoms with van der Waals surface area (Å²) in [6, 6.07) is 4.11. The SMILES string of the molecule is Cc1cc(N2CCN(S(=O)(=O)c3cc(C(F)(F)F)ccc3Cl)CC2)n2ncnc2n1. The Morgan fingerprint density at radius 1 is 1.10 bits per heavy atom. The molecular weight excluding hydrogens is 445 g/mol. The van der Waals surface area contributed by atoms with Crippen LogP contribution >= 0.6 is 11.6 Å². The van der Waals surface area contributed by atoms with Crippen LogP contribution in [-0.2, 0) is 16.2 Å². The summed E-state index contributed by atoms with van der Waals surface area (Å²) in [7, 11) is -4.19. The fourth-order valence-electron chi connectivity index (χ4n) is 3.31. The van der Waals surface area contributed by atoms with Gasteiger partial charge >= 0.3 is 6.18 Å². The average molecular weight is 461 g/mol. The van der Waals surface area contributed by atoms with Crippen molar-refractivity contribution in [3.8, 4) is 0 Å². The predicted octanol–water partition coefficient (Wildman–Crippen LogP) is 2.62. The maximum atomic E-state index is 13.0. The molecule has 2 aromatic heterocycles. The van der Waals surface area contributed by atoms with Gasteiger partial charge in [0.2, 0.25) is 10.0 Å². The minimum Gasteiger partial charge on any atom is -0.354 e. The molecule has 0 radical (unpaired) electrons. The van der Waals surface area contributed by atoms with Gasteiger partial charge in [-0.15, -0.1) is 0 Å². The quantitative estimate of drug-likeness (QED) is 0.597. The number of aromatic nitrogens is 4. The molecular formula is C17H16ClF3N6O2S. The van der Waals surface area contributed by atoms with Gasteiger partial charge in [0.1, 0.15) is 17.0 Å². The fourth-order valence-corrected chi connectivity index (χ4v) is 5.23. The van der Waals surface area contributed by atoms with E-state index in [1.807, 2.05) is 17.9 Å². The number of aryl methyl sites for hydroxylation is 1. The summed E-state index contributed by atoms with van der Waals surface area (Å²) < 4.78 is 67.7. The van der Waals surface area contributed by atoms with Gasteiger partial charge < -0.3 is 4.90 Å². The summed E-state index contributed by atoms with van der Waals surface area (Å²) in [6.07, 6.45) is -3.29. The lowest BCUT2D eigenvalue weighted by atomic mass is 10.2. The number of sulfonamides is 1. The van der Waals surface area contributed by atoms with Crippen molar-refractivity contribution in [2.24, 2.45) is 0 Å². The zero-order valence-corrected chi connectivity index (χ0v) is 17.2. The Hall–Kier alpha value is -2.44. The number of hydrogen-bond donors (Lipinski definition) is 0. The summed E-state index contributed by atoms with van der Waals surface area (Å²) >= 11 is 5.94. The van der Waals surface area contributed by atoms with Crippen molar-refractivity contribution >= 4 is 33.2 Å². The zero-order chi connectivity index (χ0) is 21.7. The Kier molecular flexibility index (Phi) is 5.11. The Morgan fingerprint density at radius 3 is 2.47 bits per heavy atom. The first kappa shape index (κ1) is 20.8. The first-order chi connectivity index (χ1) is 14.1. The maximum absolute atomic E-state index is 13.0. The second-order valence-electron chi connectivity index (χ2n) is 6.76. The molecule has 0 amide bonds. The van der Waals surface area contributed by atoms with Crippen LogP contribution in [0.2, 0.25) is 5.02 Å². The molecule has 1 aliphatic heterocycles. The molecule has 0 atom stereocenters. The molecule has 1 aromatic carbocycles. The van der Waals surface area contributed by atoms with E-state index < -0.39 is 26.7 Å². The van der Waals surface area contributed by atoms with E-state index in [9.17, 15) is 21.6 Å². The fraction of sp³-hybridized carbons (Fsp3) is 0.353. The van der Waals surface area contributed by atoms with Gasteiger partial charge in [0.05, 0.1) is 10.6 Å². The molecule has 8 nitrogen and oxygen atoms in total. The molecule has 4 rings (SSSR count). The molecule has 0 saturated carbocycles. The Morgan fingerprint density at radius 2 is 1.80 bits per heavy atom. The van der Waals surface area contributed by atoms with Crippen molar-refractivity contribution in [1.82, 2.24) is 23.9 Å². The lowest BCUT2D eigenvalue weighted by molar-refractivity contribution is -0.137. The summed E-state index contributed by atoms with van der Waals surface area (Å²) in [6.45, 7) is 2.59. The molecule has 160 valence electrons. The van der Waals surface area contributed by atoms with Crippen LogP contribution in [0.5, 0.6) is 0 Å². The van der Waals surface area contributed by atoms with Crippen molar-refractivity contribution in [2.45, 2.75) is 18.0 Å². The highest BCUT2D eigenvalue weighted by atomic mass is 35.5. The first-order valence-corrected chi connectivity index (χ1v) is 10.7. The third kappa shape index (κ3) is 3.70. The Labute approximate surface area is 174 Å². The molecule has 3 heterocycles. The highest BCUT2D eigenvalue weighted by Crippen LogP contribution is 2.34. The Bertz CT molecular complexity index is 1210. The van der Waals surface area contributed by atoms with E-state index in [2.05, 4.69) is 15.1 Å². The number of benzene rings is 1. The van der Waals surface area contributed by atoms with Gasteiger partial charge in [-0.3, -0.25) is 0 Å². The van der Waals surface area contributed by atoms with E-state index in [0.717, 1.165) is 22.1 Å². The lowest BCUT2D eigenvalue weighted by Crippen LogP contribution is -2.49. The van der Waals surface area contributed by atoms with Gasteiger partial charge in [-0.2, -0.15) is 32.1 Å². The van der Waals surface area contributed by atoms with E-state index in [0.29, 0.717) is 30.8 Å². The summed E-state index contributed by atoms with van der Waals surface area (Å²) in [5, 5.41) is 3.89. The second kappa shape index (κ2) is 7.36. The van der Waals surface area contributed by atoms with E-state index in [-0.39, 0.29) is 18.1 Å². The van der Waals surface area contributed by atoms with Crippen LogP contribution in [0.3, 0.4) is 0 Å². The number of hydrogen-bond acceptors (Lipinski definition) is 6. The van der Waals surface area contributed by atoms with Crippen LogP contribution in [-0.4, -0.2) is 58.5 Å². The number of piperazine rings is 1. The van der Waals surface area contributed by atoms with Gasteiger partial charge in [-0.05, 0) is 25.1 Å². The third-order valence-corrected chi connectivity index (χ3v) is 7.18. The van der Waals surface area contributed by atoms with Gasteiger partial charge in [-0.25, -0.2) is 13.4 Å². The number of nitrogens with zero attached hydrogens (tertiary/aromatic N) is 6. The molecule has 1 aliphatic rings. The number of halogens is 4. The number of alkyl halides is 3. The molecule has 0 aliphatic carbocycles.